The van der Waals surface area contributed by atoms with Crippen molar-refractivity contribution in [3.63, 3.8) is 0 Å². The minimum atomic E-state index is -4.63. The number of hydrogen-bond acceptors (Lipinski definition) is 13. The van der Waals surface area contributed by atoms with Crippen LogP contribution in [-0.4, -0.2) is 82.7 Å². The van der Waals surface area contributed by atoms with Crippen LogP contribution >= 0.6 is 0 Å². The summed E-state index contributed by atoms with van der Waals surface area (Å²) in [6.45, 7) is 9.52. The van der Waals surface area contributed by atoms with Crippen molar-refractivity contribution in [2.24, 2.45) is 0 Å². The summed E-state index contributed by atoms with van der Waals surface area (Å²) in [7, 11) is 0. The Morgan fingerprint density at radius 1 is 0.839 bits per heavy atom. The van der Waals surface area contributed by atoms with Gasteiger partial charge in [-0.15, -0.1) is 0 Å². The number of nitrogens with one attached hydrogen (secondary N) is 4. The van der Waals surface area contributed by atoms with E-state index in [1.165, 1.54) is 12.1 Å². The second-order valence-corrected chi connectivity index (χ2v) is 14.9. The molecule has 1 aromatic heterocycles. The van der Waals surface area contributed by atoms with E-state index in [2.05, 4.69) is 36.2 Å². The maximum absolute atomic E-state index is 13.5. The minimum Gasteiger partial charge on any atom is -0.494 e. The SMILES string of the molecule is CC(C)(C)OC(=O)NC(CCNC(=O)c1ccc2cc1OCCCCCCOc1ccc(cc1)CNc1nc(nc(OCC(F)(F)F)n1)N2)C(=O)OC(C)(C)C. The van der Waals surface area contributed by atoms with E-state index in [9.17, 15) is 27.6 Å². The van der Waals surface area contributed by atoms with E-state index < -0.39 is 54.0 Å². The van der Waals surface area contributed by atoms with E-state index in [1.54, 1.807) is 47.6 Å². The maximum Gasteiger partial charge on any atom is 0.422 e. The molecule has 56 heavy (non-hydrogen) atoms. The molecular formula is C38H50F3N7O8. The Hall–Kier alpha value is -5.55. The quantitative estimate of drug-likeness (QED) is 0.174. The first-order valence-corrected chi connectivity index (χ1v) is 18.3. The lowest BCUT2D eigenvalue weighted by atomic mass is 10.1. The molecule has 0 saturated carbocycles. The molecule has 2 amide bonds. The van der Waals surface area contributed by atoms with Crippen molar-refractivity contribution in [3.05, 3.63) is 53.6 Å². The highest BCUT2D eigenvalue weighted by Gasteiger charge is 2.30. The van der Waals surface area contributed by atoms with E-state index in [1.807, 2.05) is 24.3 Å². The Morgan fingerprint density at radius 3 is 2.16 bits per heavy atom. The highest BCUT2D eigenvalue weighted by molar-refractivity contribution is 5.97. The fourth-order valence-corrected chi connectivity index (χ4v) is 5.05. The summed E-state index contributed by atoms with van der Waals surface area (Å²) in [6.07, 6.45) is -2.26. The summed E-state index contributed by atoms with van der Waals surface area (Å²) < 4.78 is 66.6. The first kappa shape index (κ1) is 43.2. The number of amides is 2. The van der Waals surface area contributed by atoms with Crippen molar-refractivity contribution in [3.8, 4) is 17.5 Å². The van der Waals surface area contributed by atoms with Crippen LogP contribution in [0.3, 0.4) is 0 Å². The fourth-order valence-electron chi connectivity index (χ4n) is 5.05. The van der Waals surface area contributed by atoms with Crippen molar-refractivity contribution in [2.45, 2.75) is 104 Å². The molecule has 0 radical (unpaired) electrons. The molecule has 18 heteroatoms. The van der Waals surface area contributed by atoms with Crippen LogP contribution in [0.4, 0.5) is 35.5 Å². The van der Waals surface area contributed by atoms with Gasteiger partial charge < -0.3 is 45.0 Å². The van der Waals surface area contributed by atoms with E-state index in [0.717, 1.165) is 24.8 Å². The Bertz CT molecular complexity index is 1780. The molecule has 0 spiro atoms. The third-order valence-corrected chi connectivity index (χ3v) is 7.50. The lowest BCUT2D eigenvalue weighted by molar-refractivity contribution is -0.157. The molecule has 4 N–H and O–H groups in total. The van der Waals surface area contributed by atoms with Crippen LogP contribution in [0.1, 0.15) is 89.6 Å². The number of carbonyl (C=O) groups is 3. The van der Waals surface area contributed by atoms with Gasteiger partial charge in [0.25, 0.3) is 5.91 Å². The van der Waals surface area contributed by atoms with Gasteiger partial charge in [0, 0.05) is 24.8 Å². The molecule has 2 aromatic carbocycles. The van der Waals surface area contributed by atoms with Crippen LogP contribution in [0.2, 0.25) is 0 Å². The number of ether oxygens (including phenoxy) is 5. The summed E-state index contributed by atoms with van der Waals surface area (Å²) in [4.78, 5) is 51.4. The zero-order chi connectivity index (χ0) is 40.9. The molecule has 0 fully saturated rings. The zero-order valence-electron chi connectivity index (χ0n) is 32.4. The Labute approximate surface area is 323 Å². The number of hydrogen-bond donors (Lipinski definition) is 4. The summed E-state index contributed by atoms with van der Waals surface area (Å²) in [6, 6.07) is 10.2. The number of halogens is 3. The normalized spacial score (nSPS) is 14.6. The number of nitrogens with zero attached hydrogens (tertiary/aromatic N) is 3. The first-order valence-electron chi connectivity index (χ1n) is 18.3. The summed E-state index contributed by atoms with van der Waals surface area (Å²) >= 11 is 0. The van der Waals surface area contributed by atoms with Crippen LogP contribution in [0, 0.1) is 0 Å². The standard InChI is InChI=1S/C38H50F3N7O8/c1-36(2,3)55-31(50)28(45-35(51)56-37(4,5)6)17-18-42-30(49)27-16-13-25-21-29(27)53-20-10-8-7-9-19-52-26-14-11-24(12-15-26)22-43-32-46-33(44-25)48-34(47-32)54-23-38(39,40)41/h11-16,21,28H,7-10,17-20,22-23H2,1-6H3,(H,42,49)(H,45,51)(H2,43,44,46,47,48). The highest BCUT2D eigenvalue weighted by atomic mass is 19.4. The summed E-state index contributed by atoms with van der Waals surface area (Å²) in [5.41, 5.74) is -0.296. The van der Waals surface area contributed by atoms with E-state index in [4.69, 9.17) is 23.7 Å². The number of esters is 1. The van der Waals surface area contributed by atoms with Crippen molar-refractivity contribution in [1.82, 2.24) is 25.6 Å². The van der Waals surface area contributed by atoms with Crippen LogP contribution in [0.25, 0.3) is 0 Å². The van der Waals surface area contributed by atoms with Gasteiger partial charge in [-0.25, -0.2) is 9.59 Å². The fraction of sp³-hybridized carbons (Fsp3) is 0.526. The van der Waals surface area contributed by atoms with Gasteiger partial charge in [-0.05, 0) is 103 Å². The minimum absolute atomic E-state index is 0.0153. The van der Waals surface area contributed by atoms with E-state index >= 15 is 0 Å². The first-order chi connectivity index (χ1) is 26.3. The number of carbonyl (C=O) groups excluding carboxylic acids is 3. The van der Waals surface area contributed by atoms with Crippen molar-refractivity contribution in [2.75, 3.05) is 37.0 Å². The van der Waals surface area contributed by atoms with Gasteiger partial charge in [-0.2, -0.15) is 28.1 Å². The monoisotopic (exact) mass is 789 g/mol. The number of fused-ring (bicyclic) bond motifs is 10. The number of benzene rings is 2. The van der Waals surface area contributed by atoms with Crippen molar-refractivity contribution < 1.29 is 51.2 Å². The Morgan fingerprint density at radius 2 is 1.50 bits per heavy atom. The van der Waals surface area contributed by atoms with Gasteiger partial charge in [-0.1, -0.05) is 12.1 Å². The average molecular weight is 790 g/mol. The number of alkyl carbamates (subject to hydrolysis) is 1. The third kappa shape index (κ3) is 15.7. The molecule has 15 nitrogen and oxygen atoms in total. The second-order valence-electron chi connectivity index (χ2n) is 14.9. The van der Waals surface area contributed by atoms with Crippen LogP contribution < -0.4 is 35.5 Å². The van der Waals surface area contributed by atoms with Gasteiger partial charge in [0.2, 0.25) is 11.9 Å². The number of anilines is 3. The molecule has 306 valence electrons. The van der Waals surface area contributed by atoms with Crippen molar-refractivity contribution in [1.29, 1.82) is 0 Å². The lowest BCUT2D eigenvalue weighted by Crippen LogP contribution is -2.47. The van der Waals surface area contributed by atoms with Gasteiger partial charge >= 0.3 is 24.2 Å². The number of rotatable bonds is 8. The van der Waals surface area contributed by atoms with Gasteiger partial charge in [0.1, 0.15) is 28.7 Å². The van der Waals surface area contributed by atoms with Gasteiger partial charge in [0.15, 0.2) is 6.61 Å². The predicted octanol–water partition coefficient (Wildman–Crippen LogP) is 6.85. The lowest BCUT2D eigenvalue weighted by Gasteiger charge is -2.26. The molecule has 0 saturated heterocycles. The molecule has 6 bridgehead atoms. The highest BCUT2D eigenvalue weighted by Crippen LogP contribution is 2.27. The average Bonchev–Trinajstić information content (AvgIpc) is 3.09. The van der Waals surface area contributed by atoms with Crippen LogP contribution in [-0.2, 0) is 20.8 Å². The molecule has 5 rings (SSSR count). The molecule has 2 aliphatic rings. The molecule has 1 atom stereocenters. The van der Waals surface area contributed by atoms with Crippen LogP contribution in [0.5, 0.6) is 17.5 Å². The molecule has 3 heterocycles. The number of aromatic nitrogens is 3. The summed E-state index contributed by atoms with van der Waals surface area (Å²) in [5.74, 6) is -0.525. The van der Waals surface area contributed by atoms with Gasteiger partial charge in [0.05, 0.1) is 18.8 Å². The third-order valence-electron chi connectivity index (χ3n) is 7.50. The van der Waals surface area contributed by atoms with Gasteiger partial charge in [-0.3, -0.25) is 4.79 Å². The number of alkyl halides is 3. The molecular weight excluding hydrogens is 739 g/mol. The maximum atomic E-state index is 13.5. The Balaban J connectivity index is 1.55. The van der Waals surface area contributed by atoms with Crippen molar-refractivity contribution >= 4 is 35.6 Å². The van der Waals surface area contributed by atoms with E-state index in [0.29, 0.717) is 24.5 Å². The molecule has 3 aromatic rings. The Kier molecular flexibility index (Phi) is 14.9. The topological polar surface area (TPSA) is 184 Å². The molecule has 1 unspecified atom stereocenters. The molecule has 0 aliphatic carbocycles. The second kappa shape index (κ2) is 19.4. The summed E-state index contributed by atoms with van der Waals surface area (Å²) in [5, 5.41) is 11.2. The predicted molar refractivity (Wildman–Crippen MR) is 200 cm³/mol. The molecule has 2 aliphatic heterocycles. The van der Waals surface area contributed by atoms with Crippen LogP contribution in [0.15, 0.2) is 42.5 Å². The van der Waals surface area contributed by atoms with E-state index in [-0.39, 0.29) is 49.3 Å². The largest absolute Gasteiger partial charge is 0.494 e. The zero-order valence-corrected chi connectivity index (χ0v) is 32.4. The smallest absolute Gasteiger partial charge is 0.422 e.